The molecule has 1 atom stereocenters. The largest absolute Gasteiger partial charge is 0.469 e. The smallest absolute Gasteiger partial charge is 0.307 e. The standard InChI is InChI=1S/C13H16ClNO3/c1-8-4-5-9(14)6-10(8)13(17)11(15-2)7-12(16)18-3/h4-6,11,15H,7H2,1-3H3. The van der Waals surface area contributed by atoms with Gasteiger partial charge in [0.05, 0.1) is 19.6 Å². The van der Waals surface area contributed by atoms with Crippen molar-refractivity contribution in [3.63, 3.8) is 0 Å². The van der Waals surface area contributed by atoms with Gasteiger partial charge in [-0.25, -0.2) is 0 Å². The van der Waals surface area contributed by atoms with Crippen LogP contribution in [0.3, 0.4) is 0 Å². The molecule has 0 spiro atoms. The summed E-state index contributed by atoms with van der Waals surface area (Å²) in [6.07, 6.45) is -0.00220. The van der Waals surface area contributed by atoms with Gasteiger partial charge in [0.2, 0.25) is 0 Å². The Balaban J connectivity index is 2.96. The number of carbonyl (C=O) groups is 2. The molecule has 1 rings (SSSR count). The maximum atomic E-state index is 12.3. The van der Waals surface area contributed by atoms with Gasteiger partial charge in [-0.3, -0.25) is 9.59 Å². The molecule has 5 heteroatoms. The van der Waals surface area contributed by atoms with Gasteiger partial charge in [0.25, 0.3) is 0 Å². The average Bonchev–Trinajstić information content (AvgIpc) is 2.37. The van der Waals surface area contributed by atoms with Crippen molar-refractivity contribution in [3.8, 4) is 0 Å². The molecule has 1 unspecified atom stereocenters. The highest BCUT2D eigenvalue weighted by Crippen LogP contribution is 2.18. The Labute approximate surface area is 111 Å². The minimum Gasteiger partial charge on any atom is -0.469 e. The minimum atomic E-state index is -0.602. The number of hydrogen-bond donors (Lipinski definition) is 1. The van der Waals surface area contributed by atoms with Crippen molar-refractivity contribution in [2.24, 2.45) is 0 Å². The summed E-state index contributed by atoms with van der Waals surface area (Å²) in [6.45, 7) is 1.83. The summed E-state index contributed by atoms with van der Waals surface area (Å²) in [6, 6.07) is 4.51. The maximum Gasteiger partial charge on any atom is 0.307 e. The summed E-state index contributed by atoms with van der Waals surface area (Å²) in [5.74, 6) is -0.592. The van der Waals surface area contributed by atoms with Gasteiger partial charge in [0, 0.05) is 10.6 Å². The molecule has 0 aliphatic carbocycles. The number of esters is 1. The van der Waals surface area contributed by atoms with Crippen LogP contribution in [0.15, 0.2) is 18.2 Å². The van der Waals surface area contributed by atoms with Crippen LogP contribution in [0.4, 0.5) is 0 Å². The number of nitrogens with one attached hydrogen (secondary N) is 1. The van der Waals surface area contributed by atoms with Gasteiger partial charge in [-0.2, -0.15) is 0 Å². The summed E-state index contributed by atoms with van der Waals surface area (Å²) in [5.41, 5.74) is 1.35. The van der Waals surface area contributed by atoms with Crippen molar-refractivity contribution in [2.75, 3.05) is 14.2 Å². The van der Waals surface area contributed by atoms with Crippen LogP contribution in [-0.2, 0) is 9.53 Å². The number of ether oxygens (including phenoxy) is 1. The molecule has 1 aromatic rings. The van der Waals surface area contributed by atoms with E-state index in [2.05, 4.69) is 10.1 Å². The van der Waals surface area contributed by atoms with Crippen LogP contribution in [0.2, 0.25) is 5.02 Å². The lowest BCUT2D eigenvalue weighted by molar-refractivity contribution is -0.140. The van der Waals surface area contributed by atoms with E-state index in [0.717, 1.165) is 5.56 Å². The molecule has 98 valence electrons. The normalized spacial score (nSPS) is 12.0. The third kappa shape index (κ3) is 3.55. The average molecular weight is 270 g/mol. The summed E-state index contributed by atoms with van der Waals surface area (Å²) in [5, 5.41) is 3.32. The molecular formula is C13H16ClNO3. The first kappa shape index (κ1) is 14.7. The molecule has 1 N–H and O–H groups in total. The third-order valence-corrected chi connectivity index (χ3v) is 2.96. The van der Waals surface area contributed by atoms with Crippen LogP contribution in [0.1, 0.15) is 22.3 Å². The first-order valence-corrected chi connectivity index (χ1v) is 5.91. The Kier molecular flexibility index (Phi) is 5.31. The first-order valence-electron chi connectivity index (χ1n) is 5.54. The van der Waals surface area contributed by atoms with Crippen LogP contribution in [0.25, 0.3) is 0 Å². The highest BCUT2D eigenvalue weighted by atomic mass is 35.5. The maximum absolute atomic E-state index is 12.3. The van der Waals surface area contributed by atoms with Gasteiger partial charge in [0.1, 0.15) is 0 Å². The molecule has 1 aromatic carbocycles. The molecule has 0 amide bonds. The van der Waals surface area contributed by atoms with Crippen molar-refractivity contribution in [3.05, 3.63) is 34.3 Å². The second-order valence-electron chi connectivity index (χ2n) is 3.95. The molecule has 0 radical (unpaired) electrons. The number of benzene rings is 1. The number of hydrogen-bond acceptors (Lipinski definition) is 4. The molecule has 0 saturated heterocycles. The molecule has 0 fully saturated rings. The lowest BCUT2D eigenvalue weighted by Crippen LogP contribution is -2.36. The molecule has 0 saturated carbocycles. The SMILES string of the molecule is CNC(CC(=O)OC)C(=O)c1cc(Cl)ccc1C. The third-order valence-electron chi connectivity index (χ3n) is 2.73. The molecular weight excluding hydrogens is 254 g/mol. The Bertz CT molecular complexity index is 460. The van der Waals surface area contributed by atoms with E-state index in [4.69, 9.17) is 11.6 Å². The van der Waals surface area contributed by atoms with Crippen molar-refractivity contribution < 1.29 is 14.3 Å². The fourth-order valence-corrected chi connectivity index (χ4v) is 1.80. The van der Waals surface area contributed by atoms with E-state index in [1.165, 1.54) is 7.11 Å². The van der Waals surface area contributed by atoms with Gasteiger partial charge in [-0.15, -0.1) is 0 Å². The van der Waals surface area contributed by atoms with Crippen molar-refractivity contribution in [1.82, 2.24) is 5.32 Å². The second kappa shape index (κ2) is 6.52. The molecule has 0 aromatic heterocycles. The Morgan fingerprint density at radius 1 is 1.44 bits per heavy atom. The number of aryl methyl sites for hydroxylation is 1. The number of halogens is 1. The fourth-order valence-electron chi connectivity index (χ4n) is 1.62. The van der Waals surface area contributed by atoms with Gasteiger partial charge < -0.3 is 10.1 Å². The van der Waals surface area contributed by atoms with Crippen LogP contribution in [0, 0.1) is 6.92 Å². The molecule has 0 aliphatic heterocycles. The number of methoxy groups -OCH3 is 1. The first-order chi connectivity index (χ1) is 8.49. The van der Waals surface area contributed by atoms with E-state index in [0.29, 0.717) is 10.6 Å². The van der Waals surface area contributed by atoms with Crippen LogP contribution in [-0.4, -0.2) is 32.0 Å². The lowest BCUT2D eigenvalue weighted by Gasteiger charge is -2.15. The quantitative estimate of drug-likeness (QED) is 0.656. The predicted octanol–water partition coefficient (Wildman–Crippen LogP) is 1.98. The number of rotatable bonds is 5. The van der Waals surface area contributed by atoms with E-state index in [1.807, 2.05) is 6.92 Å². The van der Waals surface area contributed by atoms with E-state index in [1.54, 1.807) is 25.2 Å². The van der Waals surface area contributed by atoms with Crippen molar-refractivity contribution in [2.45, 2.75) is 19.4 Å². The number of likely N-dealkylation sites (N-methyl/N-ethyl adjacent to an activating group) is 1. The Morgan fingerprint density at radius 2 is 2.11 bits per heavy atom. The number of Topliss-reactive ketones (excluding diaryl/α,β-unsaturated/α-hetero) is 1. The monoisotopic (exact) mass is 269 g/mol. The zero-order chi connectivity index (χ0) is 13.7. The van der Waals surface area contributed by atoms with Crippen LogP contribution >= 0.6 is 11.6 Å². The number of ketones is 1. The van der Waals surface area contributed by atoms with E-state index >= 15 is 0 Å². The summed E-state index contributed by atoms with van der Waals surface area (Å²) in [7, 11) is 2.93. The Hall–Kier alpha value is -1.39. The molecule has 0 aliphatic rings. The molecule has 0 heterocycles. The highest BCUT2D eigenvalue weighted by Gasteiger charge is 2.23. The second-order valence-corrected chi connectivity index (χ2v) is 4.38. The van der Waals surface area contributed by atoms with E-state index < -0.39 is 12.0 Å². The molecule has 0 bridgehead atoms. The van der Waals surface area contributed by atoms with Gasteiger partial charge in [-0.1, -0.05) is 17.7 Å². The van der Waals surface area contributed by atoms with E-state index in [9.17, 15) is 9.59 Å². The summed E-state index contributed by atoms with van der Waals surface area (Å²) < 4.78 is 4.57. The predicted molar refractivity (Wildman–Crippen MR) is 70.0 cm³/mol. The fraction of sp³-hybridized carbons (Fsp3) is 0.385. The van der Waals surface area contributed by atoms with Crippen LogP contribution < -0.4 is 5.32 Å². The minimum absolute atomic E-state index is 0.00220. The van der Waals surface area contributed by atoms with E-state index in [-0.39, 0.29) is 12.2 Å². The Morgan fingerprint density at radius 3 is 2.67 bits per heavy atom. The van der Waals surface area contributed by atoms with Crippen molar-refractivity contribution >= 4 is 23.4 Å². The highest BCUT2D eigenvalue weighted by molar-refractivity contribution is 6.31. The number of carbonyl (C=O) groups excluding carboxylic acids is 2. The van der Waals surface area contributed by atoms with Crippen molar-refractivity contribution in [1.29, 1.82) is 0 Å². The zero-order valence-corrected chi connectivity index (χ0v) is 11.4. The molecule has 4 nitrogen and oxygen atoms in total. The topological polar surface area (TPSA) is 55.4 Å². The molecule has 18 heavy (non-hydrogen) atoms. The lowest BCUT2D eigenvalue weighted by atomic mass is 9.98. The summed E-state index contributed by atoms with van der Waals surface area (Å²) >= 11 is 5.88. The van der Waals surface area contributed by atoms with Gasteiger partial charge in [-0.05, 0) is 31.7 Å². The van der Waals surface area contributed by atoms with Crippen LogP contribution in [0.5, 0.6) is 0 Å². The zero-order valence-electron chi connectivity index (χ0n) is 10.6. The van der Waals surface area contributed by atoms with Gasteiger partial charge in [0.15, 0.2) is 5.78 Å². The summed E-state index contributed by atoms with van der Waals surface area (Å²) in [4.78, 5) is 23.5. The van der Waals surface area contributed by atoms with Gasteiger partial charge >= 0.3 is 5.97 Å².